The smallest absolute Gasteiger partial charge is 0.323 e. The van der Waals surface area contributed by atoms with E-state index in [1.54, 1.807) is 5.01 Å². The molecular formula is C23H28N4O3. The lowest BCUT2D eigenvalue weighted by molar-refractivity contribution is -0.135. The number of hydrogen-bond acceptors (Lipinski definition) is 4. The van der Waals surface area contributed by atoms with E-state index in [4.69, 9.17) is 0 Å². The highest BCUT2D eigenvalue weighted by molar-refractivity contribution is 6.09. The third-order valence-electron chi connectivity index (χ3n) is 5.17. The van der Waals surface area contributed by atoms with Gasteiger partial charge in [0.15, 0.2) is 0 Å². The van der Waals surface area contributed by atoms with Gasteiger partial charge in [-0.15, -0.1) is 0 Å². The number of para-hydroxylation sites is 2. The van der Waals surface area contributed by atoms with Crippen molar-refractivity contribution >= 4 is 29.2 Å². The van der Waals surface area contributed by atoms with Crippen LogP contribution in [-0.4, -0.2) is 34.8 Å². The molecule has 0 bridgehead atoms. The normalized spacial score (nSPS) is 15.1. The first-order valence-corrected chi connectivity index (χ1v) is 10.3. The van der Waals surface area contributed by atoms with Crippen molar-refractivity contribution in [1.82, 2.24) is 15.6 Å². The molecule has 1 aliphatic rings. The highest BCUT2D eigenvalue weighted by atomic mass is 16.2. The number of carbonyl (C=O) groups is 3. The Morgan fingerprint density at radius 2 is 1.43 bits per heavy atom. The van der Waals surface area contributed by atoms with Gasteiger partial charge in [0, 0.05) is 0 Å². The predicted molar refractivity (Wildman–Crippen MR) is 116 cm³/mol. The van der Waals surface area contributed by atoms with Crippen LogP contribution >= 0.6 is 0 Å². The second-order valence-electron chi connectivity index (χ2n) is 7.45. The maximum atomic E-state index is 13.0. The molecule has 2 aromatic carbocycles. The van der Waals surface area contributed by atoms with Crippen LogP contribution in [0.25, 0.3) is 0 Å². The van der Waals surface area contributed by atoms with Gasteiger partial charge in [-0.25, -0.2) is 4.79 Å². The van der Waals surface area contributed by atoms with Crippen LogP contribution in [0.2, 0.25) is 0 Å². The molecule has 1 fully saturated rings. The first kappa shape index (κ1) is 21.4. The Bertz CT molecular complexity index is 840. The summed E-state index contributed by atoms with van der Waals surface area (Å²) in [7, 11) is 0. The minimum atomic E-state index is -0.903. The monoisotopic (exact) mass is 408 g/mol. The number of rotatable bonds is 9. The van der Waals surface area contributed by atoms with E-state index in [0.717, 1.165) is 29.1 Å². The number of benzene rings is 2. The van der Waals surface area contributed by atoms with E-state index in [0.29, 0.717) is 12.8 Å². The van der Waals surface area contributed by atoms with Crippen molar-refractivity contribution in [3.05, 3.63) is 60.7 Å². The van der Waals surface area contributed by atoms with Crippen LogP contribution in [0.3, 0.4) is 0 Å². The summed E-state index contributed by atoms with van der Waals surface area (Å²) in [6, 6.07) is 18.2. The molecule has 2 N–H and O–H groups in total. The fourth-order valence-corrected chi connectivity index (χ4v) is 3.87. The van der Waals surface area contributed by atoms with Gasteiger partial charge in [0.05, 0.1) is 11.4 Å². The van der Waals surface area contributed by atoms with Gasteiger partial charge in [0.1, 0.15) is 12.1 Å². The molecule has 0 unspecified atom stereocenters. The SMILES string of the molecule is CCCC1(CCC)NC(=O)N(CC(=O)NN(c2ccccc2)c2ccccc2)C1=O. The molecule has 7 nitrogen and oxygen atoms in total. The van der Waals surface area contributed by atoms with Crippen molar-refractivity contribution in [3.63, 3.8) is 0 Å². The van der Waals surface area contributed by atoms with E-state index >= 15 is 0 Å². The molecule has 0 saturated carbocycles. The molecule has 0 aliphatic carbocycles. The van der Waals surface area contributed by atoms with Gasteiger partial charge in [0.2, 0.25) is 0 Å². The molecule has 0 aromatic heterocycles. The van der Waals surface area contributed by atoms with Crippen LogP contribution in [0.4, 0.5) is 16.2 Å². The van der Waals surface area contributed by atoms with Crippen LogP contribution in [0, 0.1) is 0 Å². The fourth-order valence-electron chi connectivity index (χ4n) is 3.87. The van der Waals surface area contributed by atoms with Gasteiger partial charge in [-0.2, -0.15) is 0 Å². The Labute approximate surface area is 177 Å². The summed E-state index contributed by atoms with van der Waals surface area (Å²) in [5.74, 6) is -0.771. The standard InChI is InChI=1S/C23H28N4O3/c1-3-15-23(16-4-2)21(29)26(22(30)24-23)17-20(28)25-27(18-11-7-5-8-12-18)19-13-9-6-10-14-19/h5-14H,3-4,15-17H2,1-2H3,(H,24,30)(H,25,28). The van der Waals surface area contributed by atoms with E-state index in [1.165, 1.54) is 0 Å². The van der Waals surface area contributed by atoms with Crippen LogP contribution in [0.1, 0.15) is 39.5 Å². The van der Waals surface area contributed by atoms with E-state index in [1.807, 2.05) is 74.5 Å². The Morgan fingerprint density at radius 3 is 1.90 bits per heavy atom. The molecule has 1 heterocycles. The molecular weight excluding hydrogens is 380 g/mol. The van der Waals surface area contributed by atoms with Crippen molar-refractivity contribution in [2.75, 3.05) is 11.6 Å². The van der Waals surface area contributed by atoms with Crippen molar-refractivity contribution < 1.29 is 14.4 Å². The molecule has 4 amide bonds. The molecule has 7 heteroatoms. The van der Waals surface area contributed by atoms with Crippen molar-refractivity contribution in [1.29, 1.82) is 0 Å². The van der Waals surface area contributed by atoms with E-state index in [2.05, 4.69) is 10.7 Å². The fraction of sp³-hybridized carbons (Fsp3) is 0.348. The maximum Gasteiger partial charge on any atom is 0.325 e. The van der Waals surface area contributed by atoms with Gasteiger partial charge < -0.3 is 5.32 Å². The molecule has 1 aliphatic heterocycles. The molecule has 0 spiro atoms. The zero-order valence-corrected chi connectivity index (χ0v) is 17.4. The minimum Gasteiger partial charge on any atom is -0.323 e. The van der Waals surface area contributed by atoms with Gasteiger partial charge in [-0.3, -0.25) is 24.9 Å². The summed E-state index contributed by atoms with van der Waals surface area (Å²) < 4.78 is 0. The number of hydrogen-bond donors (Lipinski definition) is 2. The third-order valence-corrected chi connectivity index (χ3v) is 5.17. The van der Waals surface area contributed by atoms with Crippen LogP contribution in [0.5, 0.6) is 0 Å². The molecule has 30 heavy (non-hydrogen) atoms. The predicted octanol–water partition coefficient (Wildman–Crippen LogP) is 3.75. The Morgan fingerprint density at radius 1 is 0.933 bits per heavy atom. The summed E-state index contributed by atoms with van der Waals surface area (Å²) in [5, 5.41) is 4.48. The Hall–Kier alpha value is -3.35. The molecule has 1 saturated heterocycles. The number of urea groups is 1. The first-order chi connectivity index (χ1) is 14.5. The van der Waals surface area contributed by atoms with Gasteiger partial charge in [-0.05, 0) is 37.1 Å². The second-order valence-corrected chi connectivity index (χ2v) is 7.45. The zero-order chi connectivity index (χ0) is 21.6. The first-order valence-electron chi connectivity index (χ1n) is 10.3. The van der Waals surface area contributed by atoms with Crippen LogP contribution in [0.15, 0.2) is 60.7 Å². The Balaban J connectivity index is 1.77. The molecule has 3 rings (SSSR count). The number of amides is 4. The average molecular weight is 409 g/mol. The van der Waals surface area contributed by atoms with Gasteiger partial charge in [0.25, 0.3) is 11.8 Å². The summed E-state index contributed by atoms with van der Waals surface area (Å²) in [5.41, 5.74) is 3.45. The topological polar surface area (TPSA) is 81.8 Å². The highest BCUT2D eigenvalue weighted by Crippen LogP contribution is 2.28. The van der Waals surface area contributed by atoms with Crippen molar-refractivity contribution in [3.8, 4) is 0 Å². The summed E-state index contributed by atoms with van der Waals surface area (Å²) in [4.78, 5) is 39.4. The lowest BCUT2D eigenvalue weighted by Gasteiger charge is -2.27. The summed E-state index contributed by atoms with van der Waals surface area (Å²) in [6.45, 7) is 3.61. The lowest BCUT2D eigenvalue weighted by Crippen LogP contribution is -2.49. The second kappa shape index (κ2) is 9.43. The molecule has 2 aromatic rings. The lowest BCUT2D eigenvalue weighted by atomic mass is 9.88. The van der Waals surface area contributed by atoms with Gasteiger partial charge in [-0.1, -0.05) is 63.1 Å². The largest absolute Gasteiger partial charge is 0.325 e. The van der Waals surface area contributed by atoms with Crippen LogP contribution < -0.4 is 15.8 Å². The minimum absolute atomic E-state index is 0.322. The highest BCUT2D eigenvalue weighted by Gasteiger charge is 2.50. The molecule has 0 radical (unpaired) electrons. The zero-order valence-electron chi connectivity index (χ0n) is 17.4. The van der Waals surface area contributed by atoms with E-state index in [-0.39, 0.29) is 12.5 Å². The number of nitrogens with zero attached hydrogens (tertiary/aromatic N) is 2. The van der Waals surface area contributed by atoms with E-state index in [9.17, 15) is 14.4 Å². The summed E-state index contributed by atoms with van der Waals surface area (Å²) >= 11 is 0. The summed E-state index contributed by atoms with van der Waals surface area (Å²) in [6.07, 6.45) is 2.65. The van der Waals surface area contributed by atoms with Crippen LogP contribution in [-0.2, 0) is 9.59 Å². The average Bonchev–Trinajstić information content (AvgIpc) is 2.98. The molecule has 158 valence electrons. The molecule has 0 atom stereocenters. The quantitative estimate of drug-likeness (QED) is 0.489. The third kappa shape index (κ3) is 4.45. The van der Waals surface area contributed by atoms with E-state index < -0.39 is 17.5 Å². The van der Waals surface area contributed by atoms with Crippen molar-refractivity contribution in [2.45, 2.75) is 45.1 Å². The Kier molecular flexibility index (Phi) is 6.72. The van der Waals surface area contributed by atoms with Crippen molar-refractivity contribution in [2.24, 2.45) is 0 Å². The number of nitrogens with one attached hydrogen (secondary N) is 2. The number of imide groups is 1. The number of anilines is 2. The number of hydrazine groups is 1. The number of carbonyl (C=O) groups excluding carboxylic acids is 3. The van der Waals surface area contributed by atoms with Gasteiger partial charge >= 0.3 is 6.03 Å². The maximum absolute atomic E-state index is 13.0.